The third-order valence-corrected chi connectivity index (χ3v) is 5.06. The highest BCUT2D eigenvalue weighted by Gasteiger charge is 2.23. The van der Waals surface area contributed by atoms with Crippen molar-refractivity contribution in [2.45, 2.75) is 27.7 Å². The van der Waals surface area contributed by atoms with Crippen molar-refractivity contribution in [3.63, 3.8) is 0 Å². The summed E-state index contributed by atoms with van der Waals surface area (Å²) < 4.78 is 25.2. The molecule has 0 atom stereocenters. The standard InChI is InChI=1S/C23H21N2O/c1-13-10-16(4)25(5)19(11-13)20-14(2)7-9-18-21-17(12-24)8-6-15(3)22(21)26-23(18)20/h6-11H,1-5H3/q+1/i10D,11D. The molecule has 0 N–H and O–H groups in total. The molecule has 0 aliphatic carbocycles. The average molecular weight is 343 g/mol. The summed E-state index contributed by atoms with van der Waals surface area (Å²) in [5.74, 6) is 0. The molecule has 0 unspecified atom stereocenters. The van der Waals surface area contributed by atoms with Crippen molar-refractivity contribution in [2.24, 2.45) is 7.05 Å². The zero-order valence-corrected chi connectivity index (χ0v) is 15.6. The number of nitriles is 1. The lowest BCUT2D eigenvalue weighted by molar-refractivity contribution is -0.666. The molecule has 0 aliphatic heterocycles. The molecule has 128 valence electrons. The first-order valence-electron chi connectivity index (χ1n) is 9.60. The van der Waals surface area contributed by atoms with E-state index in [9.17, 15) is 5.26 Å². The molecular weight excluding hydrogens is 320 g/mol. The van der Waals surface area contributed by atoms with Gasteiger partial charge in [-0.3, -0.25) is 0 Å². The van der Waals surface area contributed by atoms with Crippen LogP contribution in [0.5, 0.6) is 0 Å². The Morgan fingerprint density at radius 1 is 1.00 bits per heavy atom. The van der Waals surface area contributed by atoms with Crippen molar-refractivity contribution in [3.05, 3.63) is 64.3 Å². The maximum Gasteiger partial charge on any atom is 0.216 e. The fourth-order valence-electron chi connectivity index (χ4n) is 3.61. The zero-order chi connectivity index (χ0) is 20.3. The molecule has 0 aliphatic rings. The van der Waals surface area contributed by atoms with Gasteiger partial charge in [0.05, 0.1) is 19.9 Å². The second-order valence-corrected chi connectivity index (χ2v) is 6.85. The number of hydrogen-bond donors (Lipinski definition) is 0. The van der Waals surface area contributed by atoms with Gasteiger partial charge in [-0.25, -0.2) is 0 Å². The predicted molar refractivity (Wildman–Crippen MR) is 104 cm³/mol. The van der Waals surface area contributed by atoms with Gasteiger partial charge in [-0.15, -0.1) is 0 Å². The maximum atomic E-state index is 9.59. The molecule has 3 heteroatoms. The van der Waals surface area contributed by atoms with Gasteiger partial charge in [0.25, 0.3) is 0 Å². The first kappa shape index (κ1) is 14.1. The Morgan fingerprint density at radius 3 is 2.46 bits per heavy atom. The summed E-state index contributed by atoms with van der Waals surface area (Å²) in [6, 6.07) is 10.7. The Labute approximate surface area is 155 Å². The summed E-state index contributed by atoms with van der Waals surface area (Å²) in [7, 11) is 1.88. The number of hydrogen-bond acceptors (Lipinski definition) is 2. The molecule has 0 amide bonds. The van der Waals surface area contributed by atoms with Crippen LogP contribution in [0.1, 0.15) is 30.7 Å². The second kappa shape index (κ2) is 5.71. The van der Waals surface area contributed by atoms with Crippen molar-refractivity contribution >= 4 is 21.9 Å². The second-order valence-electron chi connectivity index (χ2n) is 6.85. The van der Waals surface area contributed by atoms with Gasteiger partial charge >= 0.3 is 0 Å². The van der Waals surface area contributed by atoms with Crippen LogP contribution < -0.4 is 4.57 Å². The van der Waals surface area contributed by atoms with Crippen molar-refractivity contribution in [3.8, 4) is 17.3 Å². The van der Waals surface area contributed by atoms with E-state index in [-0.39, 0.29) is 0 Å². The number of benzene rings is 2. The van der Waals surface area contributed by atoms with E-state index in [1.807, 2.05) is 63.6 Å². The molecule has 4 aromatic rings. The SMILES string of the molecule is [2H]c1c(C)c([2H])c(-c2c(C)ccc3c2oc2c(C)ccc(C#N)c23)[n+](C)c1C. The molecule has 0 fully saturated rings. The average Bonchev–Trinajstić information content (AvgIpc) is 3.07. The minimum atomic E-state index is 0.325. The normalized spacial score (nSPS) is 12.3. The summed E-state index contributed by atoms with van der Waals surface area (Å²) in [4.78, 5) is 0. The van der Waals surface area contributed by atoms with Crippen molar-refractivity contribution in [2.75, 3.05) is 0 Å². The van der Waals surface area contributed by atoms with Crippen LogP contribution >= 0.6 is 0 Å². The summed E-state index contributed by atoms with van der Waals surface area (Å²) in [5.41, 5.74) is 6.94. The summed E-state index contributed by atoms with van der Waals surface area (Å²) in [6.07, 6.45) is 0. The van der Waals surface area contributed by atoms with Gasteiger partial charge in [-0.05, 0) is 43.5 Å². The molecule has 2 aromatic carbocycles. The Hall–Kier alpha value is -3.12. The van der Waals surface area contributed by atoms with E-state index in [2.05, 4.69) is 6.07 Å². The monoisotopic (exact) mass is 343 g/mol. The molecule has 4 rings (SSSR count). The van der Waals surface area contributed by atoms with Gasteiger partial charge in [0.1, 0.15) is 18.2 Å². The van der Waals surface area contributed by atoms with E-state index in [1.165, 1.54) is 0 Å². The number of fused-ring (bicyclic) bond motifs is 3. The number of pyridine rings is 1. The fourth-order valence-corrected chi connectivity index (χ4v) is 3.61. The van der Waals surface area contributed by atoms with Crippen LogP contribution in [0.2, 0.25) is 0 Å². The number of rotatable bonds is 1. The molecule has 26 heavy (non-hydrogen) atoms. The van der Waals surface area contributed by atoms with Crippen LogP contribution in [0, 0.1) is 39.0 Å². The van der Waals surface area contributed by atoms with Gasteiger partial charge in [-0.2, -0.15) is 9.83 Å². The van der Waals surface area contributed by atoms with Crippen molar-refractivity contribution < 1.29 is 11.7 Å². The molecule has 2 heterocycles. The van der Waals surface area contributed by atoms with E-state index in [0.717, 1.165) is 38.9 Å². The van der Waals surface area contributed by atoms with E-state index < -0.39 is 0 Å². The molecule has 3 nitrogen and oxygen atoms in total. The molecule has 0 radical (unpaired) electrons. The van der Waals surface area contributed by atoms with Gasteiger partial charge in [-0.1, -0.05) is 18.2 Å². The van der Waals surface area contributed by atoms with Gasteiger partial charge in [0, 0.05) is 29.8 Å². The quantitative estimate of drug-likeness (QED) is 0.447. The highest BCUT2D eigenvalue weighted by Crippen LogP contribution is 2.39. The molecule has 0 saturated carbocycles. The third-order valence-electron chi connectivity index (χ3n) is 5.06. The van der Waals surface area contributed by atoms with Crippen LogP contribution in [0.3, 0.4) is 0 Å². The maximum absolute atomic E-state index is 9.59. The van der Waals surface area contributed by atoms with Gasteiger partial charge in [0.2, 0.25) is 5.69 Å². The van der Waals surface area contributed by atoms with E-state index >= 15 is 0 Å². The number of aromatic nitrogens is 1. The van der Waals surface area contributed by atoms with Crippen molar-refractivity contribution in [1.29, 1.82) is 5.26 Å². The number of nitrogens with zero attached hydrogens (tertiary/aromatic N) is 2. The summed E-state index contributed by atoms with van der Waals surface area (Å²) >= 11 is 0. The van der Waals surface area contributed by atoms with Gasteiger partial charge < -0.3 is 4.42 Å². The number of furan rings is 1. The van der Waals surface area contributed by atoms with Crippen LogP contribution in [0.15, 0.2) is 40.8 Å². The summed E-state index contributed by atoms with van der Waals surface area (Å²) in [6.45, 7) is 7.67. The lowest BCUT2D eigenvalue weighted by atomic mass is 9.98. The number of aryl methyl sites for hydroxylation is 2. The van der Waals surface area contributed by atoms with Crippen LogP contribution in [-0.2, 0) is 7.05 Å². The molecule has 0 saturated heterocycles. The predicted octanol–water partition coefficient (Wildman–Crippen LogP) is 5.18. The minimum absolute atomic E-state index is 0.325. The lowest BCUT2D eigenvalue weighted by Gasteiger charge is -2.08. The van der Waals surface area contributed by atoms with Crippen LogP contribution in [0.25, 0.3) is 33.2 Å². The highest BCUT2D eigenvalue weighted by molar-refractivity contribution is 6.12. The first-order chi connectivity index (χ1) is 13.3. The van der Waals surface area contributed by atoms with Crippen LogP contribution in [0.4, 0.5) is 0 Å². The van der Waals surface area contributed by atoms with Crippen LogP contribution in [-0.4, -0.2) is 0 Å². The molecule has 0 spiro atoms. The molecule has 0 bridgehead atoms. The Morgan fingerprint density at radius 2 is 1.73 bits per heavy atom. The minimum Gasteiger partial charge on any atom is -0.455 e. The van der Waals surface area contributed by atoms with Gasteiger partial charge in [0.15, 0.2) is 5.69 Å². The largest absolute Gasteiger partial charge is 0.455 e. The first-order valence-corrected chi connectivity index (χ1v) is 8.60. The molecule has 2 aromatic heterocycles. The Kier molecular flexibility index (Phi) is 3.09. The third kappa shape index (κ3) is 2.23. The Balaban J connectivity index is 2.25. The molecular formula is C23H21N2O+. The summed E-state index contributed by atoms with van der Waals surface area (Å²) in [5, 5.41) is 11.3. The van der Waals surface area contributed by atoms with Crippen molar-refractivity contribution in [1.82, 2.24) is 0 Å². The fraction of sp³-hybridized carbons (Fsp3) is 0.217. The Bertz CT molecular complexity index is 1310. The lowest BCUT2D eigenvalue weighted by Crippen LogP contribution is -2.35. The van der Waals surface area contributed by atoms with E-state index in [1.54, 1.807) is 0 Å². The van der Waals surface area contributed by atoms with E-state index in [0.29, 0.717) is 34.4 Å². The smallest absolute Gasteiger partial charge is 0.216 e. The zero-order valence-electron chi connectivity index (χ0n) is 17.6. The van der Waals surface area contributed by atoms with E-state index in [4.69, 9.17) is 7.16 Å². The highest BCUT2D eigenvalue weighted by atomic mass is 16.3. The topological polar surface area (TPSA) is 40.8 Å².